The van der Waals surface area contributed by atoms with Crippen LogP contribution in [-0.4, -0.2) is 73.4 Å². The van der Waals surface area contributed by atoms with E-state index >= 15 is 0 Å². The van der Waals surface area contributed by atoms with Gasteiger partial charge in [0.05, 0.1) is 39.9 Å². The third kappa shape index (κ3) is 62.2. The van der Waals surface area contributed by atoms with Gasteiger partial charge in [-0.1, -0.05) is 320 Å². The van der Waals surface area contributed by atoms with Crippen LogP contribution in [0.25, 0.3) is 0 Å². The number of hydrogen-bond donors (Lipinski definition) is 3. The zero-order valence-electron chi connectivity index (χ0n) is 52.2. The lowest BCUT2D eigenvalue weighted by molar-refractivity contribution is -0.870. The second kappa shape index (κ2) is 59.3. The van der Waals surface area contributed by atoms with E-state index in [9.17, 15) is 19.4 Å². The number of phosphoric acid groups is 1. The molecule has 0 saturated heterocycles. The van der Waals surface area contributed by atoms with Crippen molar-refractivity contribution in [2.45, 2.75) is 353 Å². The van der Waals surface area contributed by atoms with Crippen LogP contribution >= 0.6 is 7.82 Å². The molecule has 0 aliphatic carbocycles. The maximum absolute atomic E-state index is 13.1. The largest absolute Gasteiger partial charge is 0.472 e. The van der Waals surface area contributed by atoms with Gasteiger partial charge in [0.25, 0.3) is 0 Å². The first-order chi connectivity index (χ1) is 37.5. The Balaban J connectivity index is 4.06. The molecule has 8 nitrogen and oxygen atoms in total. The molecule has 0 aliphatic rings. The highest BCUT2D eigenvalue weighted by Gasteiger charge is 2.28. The molecule has 0 heterocycles. The average Bonchev–Trinajstić information content (AvgIpc) is 3.39. The number of hydrogen-bond acceptors (Lipinski definition) is 5. The van der Waals surface area contributed by atoms with Crippen molar-refractivity contribution in [2.75, 3.05) is 40.9 Å². The Bertz CT molecular complexity index is 1350. The lowest BCUT2D eigenvalue weighted by atomic mass is 10.0. The normalized spacial score (nSPS) is 13.9. The summed E-state index contributed by atoms with van der Waals surface area (Å²) in [6, 6.07) is -0.763. The van der Waals surface area contributed by atoms with E-state index in [1.165, 1.54) is 263 Å². The molecule has 0 radical (unpaired) electrons. The van der Waals surface area contributed by atoms with Crippen molar-refractivity contribution in [1.82, 2.24) is 5.32 Å². The Labute approximate surface area is 480 Å². The molecule has 456 valence electrons. The molecule has 0 saturated carbocycles. The molecule has 0 aliphatic heterocycles. The molecule has 9 heteroatoms. The molecule has 0 bridgehead atoms. The Hall–Kier alpha value is -1.28. The molecule has 3 unspecified atom stereocenters. The van der Waals surface area contributed by atoms with E-state index in [1.807, 2.05) is 21.1 Å². The predicted molar refractivity (Wildman–Crippen MR) is 337 cm³/mol. The number of amides is 1. The molecule has 0 aromatic rings. The summed E-state index contributed by atoms with van der Waals surface area (Å²) in [5.74, 6) is -0.141. The van der Waals surface area contributed by atoms with E-state index < -0.39 is 20.0 Å². The van der Waals surface area contributed by atoms with Crippen LogP contribution < -0.4 is 5.32 Å². The van der Waals surface area contributed by atoms with Crippen LogP contribution in [0.3, 0.4) is 0 Å². The van der Waals surface area contributed by atoms with Crippen molar-refractivity contribution in [3.63, 3.8) is 0 Å². The molecule has 1 amide bonds. The zero-order valence-corrected chi connectivity index (χ0v) is 53.1. The standard InChI is InChI=1S/C68H133N2O6P/c1-6-8-10-12-14-16-18-20-22-24-26-28-30-32-34-36-37-39-41-43-45-47-49-51-53-55-57-59-61-67(71)66(65-76-77(73,74)75-64-63-70(3,4)5)69-68(72)62-60-58-56-54-52-50-48-46-44-42-40-38-35-33-31-29-27-25-23-21-19-17-15-13-11-9-7-2/h19,21,25,27,31,33,66-67,71H,6-18,20,22-24,26,28-30,32,34-65H2,1-5H3,(H-,69,72,73,74)/p+1/b21-19-,27-25-,33-31-. The number of rotatable bonds is 63. The molecular formula is C68H134N2O6P+. The Morgan fingerprint density at radius 2 is 0.740 bits per heavy atom. The van der Waals surface area contributed by atoms with E-state index in [-0.39, 0.29) is 19.1 Å². The van der Waals surface area contributed by atoms with Gasteiger partial charge in [-0.15, -0.1) is 0 Å². The molecule has 0 rings (SSSR count). The highest BCUT2D eigenvalue weighted by atomic mass is 31.2. The summed E-state index contributed by atoms with van der Waals surface area (Å²) in [6.45, 7) is 4.93. The van der Waals surface area contributed by atoms with Crippen molar-refractivity contribution in [2.24, 2.45) is 0 Å². The van der Waals surface area contributed by atoms with Gasteiger partial charge in [-0.25, -0.2) is 4.57 Å². The van der Waals surface area contributed by atoms with Crippen molar-refractivity contribution in [3.05, 3.63) is 36.5 Å². The quantitative estimate of drug-likeness (QED) is 0.0243. The summed E-state index contributed by atoms with van der Waals surface area (Å²) in [5.41, 5.74) is 0. The first kappa shape index (κ1) is 75.7. The van der Waals surface area contributed by atoms with Crippen LogP contribution in [0, 0.1) is 0 Å². The minimum Gasteiger partial charge on any atom is -0.391 e. The minimum atomic E-state index is -4.33. The molecule has 0 fully saturated rings. The number of allylic oxidation sites excluding steroid dienone is 6. The lowest BCUT2D eigenvalue weighted by Gasteiger charge is -2.26. The van der Waals surface area contributed by atoms with Gasteiger partial charge in [-0.05, 0) is 51.4 Å². The van der Waals surface area contributed by atoms with Crippen molar-refractivity contribution >= 4 is 13.7 Å². The number of phosphoric ester groups is 1. The van der Waals surface area contributed by atoms with Crippen molar-refractivity contribution < 1.29 is 32.9 Å². The zero-order chi connectivity index (χ0) is 56.3. The molecule has 0 aromatic carbocycles. The van der Waals surface area contributed by atoms with Crippen LogP contribution in [0.1, 0.15) is 341 Å². The summed E-state index contributed by atoms with van der Waals surface area (Å²) in [7, 11) is 1.63. The van der Waals surface area contributed by atoms with Crippen LogP contribution in [0.5, 0.6) is 0 Å². The second-order valence-corrected chi connectivity index (χ2v) is 26.0. The maximum Gasteiger partial charge on any atom is 0.472 e. The fourth-order valence-corrected chi connectivity index (χ4v) is 11.1. The number of nitrogens with one attached hydrogen (secondary N) is 1. The maximum atomic E-state index is 13.1. The van der Waals surface area contributed by atoms with Gasteiger partial charge in [0.15, 0.2) is 0 Å². The van der Waals surface area contributed by atoms with Crippen molar-refractivity contribution in [3.8, 4) is 0 Å². The molecule has 77 heavy (non-hydrogen) atoms. The second-order valence-electron chi connectivity index (χ2n) is 24.6. The van der Waals surface area contributed by atoms with Gasteiger partial charge in [0, 0.05) is 6.42 Å². The third-order valence-electron chi connectivity index (χ3n) is 15.6. The van der Waals surface area contributed by atoms with E-state index in [4.69, 9.17) is 9.05 Å². The van der Waals surface area contributed by atoms with E-state index in [0.29, 0.717) is 23.9 Å². The number of quaternary nitrogens is 1. The van der Waals surface area contributed by atoms with E-state index in [1.54, 1.807) is 0 Å². The monoisotopic (exact) mass is 1110 g/mol. The fourth-order valence-electron chi connectivity index (χ4n) is 10.4. The fraction of sp³-hybridized carbons (Fsp3) is 0.897. The first-order valence-electron chi connectivity index (χ1n) is 33.9. The van der Waals surface area contributed by atoms with Crippen LogP contribution in [0.15, 0.2) is 36.5 Å². The Kier molecular flexibility index (Phi) is 58.4. The number of aliphatic hydroxyl groups excluding tert-OH is 1. The SMILES string of the molecule is CCCCCCC/C=C\C/C=C\C/C=C\CCCCCCCCCCCCCCC(=O)NC(COP(=O)(O)OCC[N+](C)(C)C)C(O)CCCCCCCCCCCCCCCCCCCCCCCCCCCCCC. The summed E-state index contributed by atoms with van der Waals surface area (Å²) in [5, 5.41) is 14.1. The topological polar surface area (TPSA) is 105 Å². The van der Waals surface area contributed by atoms with Gasteiger partial charge in [0.2, 0.25) is 5.91 Å². The van der Waals surface area contributed by atoms with Gasteiger partial charge in [-0.3, -0.25) is 13.8 Å². The van der Waals surface area contributed by atoms with E-state index in [0.717, 1.165) is 51.4 Å². The smallest absolute Gasteiger partial charge is 0.391 e. The summed E-state index contributed by atoms with van der Waals surface area (Å²) >= 11 is 0. The number of carbonyl (C=O) groups excluding carboxylic acids is 1. The van der Waals surface area contributed by atoms with E-state index in [2.05, 4.69) is 55.6 Å². The van der Waals surface area contributed by atoms with Crippen LogP contribution in [0.2, 0.25) is 0 Å². The molecule has 0 aromatic heterocycles. The minimum absolute atomic E-state index is 0.0751. The summed E-state index contributed by atoms with van der Waals surface area (Å²) in [4.78, 5) is 23.4. The summed E-state index contributed by atoms with van der Waals surface area (Å²) in [6.07, 6.45) is 78.0. The molecule has 3 N–H and O–H groups in total. The molecule has 0 spiro atoms. The number of nitrogens with zero attached hydrogens (tertiary/aromatic N) is 1. The van der Waals surface area contributed by atoms with Gasteiger partial charge < -0.3 is 19.8 Å². The van der Waals surface area contributed by atoms with Crippen LogP contribution in [0.4, 0.5) is 0 Å². The number of aliphatic hydroxyl groups is 1. The highest BCUT2D eigenvalue weighted by Crippen LogP contribution is 2.43. The number of likely N-dealkylation sites (N-methyl/N-ethyl adjacent to an activating group) is 1. The van der Waals surface area contributed by atoms with Gasteiger partial charge >= 0.3 is 7.82 Å². The first-order valence-corrected chi connectivity index (χ1v) is 35.3. The third-order valence-corrected chi connectivity index (χ3v) is 16.6. The molecular weight excluding hydrogens is 972 g/mol. The Morgan fingerprint density at radius 1 is 0.442 bits per heavy atom. The molecule has 3 atom stereocenters. The summed E-state index contributed by atoms with van der Waals surface area (Å²) < 4.78 is 23.9. The van der Waals surface area contributed by atoms with Gasteiger partial charge in [-0.2, -0.15) is 0 Å². The average molecular weight is 1110 g/mol. The number of unbranched alkanes of at least 4 members (excludes halogenated alkanes) is 44. The van der Waals surface area contributed by atoms with Crippen molar-refractivity contribution in [1.29, 1.82) is 0 Å². The van der Waals surface area contributed by atoms with Crippen LogP contribution in [-0.2, 0) is 18.4 Å². The predicted octanol–water partition coefficient (Wildman–Crippen LogP) is 21.3. The van der Waals surface area contributed by atoms with Gasteiger partial charge in [0.1, 0.15) is 13.2 Å². The lowest BCUT2D eigenvalue weighted by Crippen LogP contribution is -2.46. The highest BCUT2D eigenvalue weighted by molar-refractivity contribution is 7.47. The Morgan fingerprint density at radius 3 is 1.08 bits per heavy atom. The number of carbonyl (C=O) groups is 1.